The van der Waals surface area contributed by atoms with Crippen LogP contribution in [0.25, 0.3) is 0 Å². The normalized spacial score (nSPS) is 17.8. The van der Waals surface area contributed by atoms with Gasteiger partial charge in [0.1, 0.15) is 11.7 Å². The van der Waals surface area contributed by atoms with Gasteiger partial charge < -0.3 is 10.1 Å². The summed E-state index contributed by atoms with van der Waals surface area (Å²) in [7, 11) is 0. The number of ether oxygens (including phenoxy) is 1. The third kappa shape index (κ3) is 3.73. The van der Waals surface area contributed by atoms with Crippen LogP contribution in [0.3, 0.4) is 0 Å². The molecule has 1 N–H and O–H groups in total. The van der Waals surface area contributed by atoms with Crippen LogP contribution >= 0.6 is 0 Å². The molecule has 0 radical (unpaired) electrons. The second kappa shape index (κ2) is 7.59. The molecule has 0 aliphatic carbocycles. The molecular formula is C20H11F3N4O2. The zero-order valence-electron chi connectivity index (χ0n) is 14.6. The zero-order valence-corrected chi connectivity index (χ0v) is 14.6. The highest BCUT2D eigenvalue weighted by molar-refractivity contribution is 5.71. The Bertz CT molecular complexity index is 1150. The summed E-state index contributed by atoms with van der Waals surface area (Å²) >= 11 is 0. The number of hydrogen-bond acceptors (Lipinski definition) is 5. The number of alkyl carbamates (subject to hydrolysis) is 1. The van der Waals surface area contributed by atoms with Gasteiger partial charge in [-0.1, -0.05) is 5.92 Å². The van der Waals surface area contributed by atoms with Crippen molar-refractivity contribution in [2.24, 2.45) is 0 Å². The molecule has 0 spiro atoms. The van der Waals surface area contributed by atoms with Crippen LogP contribution in [0.15, 0.2) is 49.2 Å². The number of nitrogens with one attached hydrogen (secondary N) is 1. The van der Waals surface area contributed by atoms with Crippen molar-refractivity contribution in [2.45, 2.75) is 12.1 Å². The van der Waals surface area contributed by atoms with E-state index in [1.54, 1.807) is 6.07 Å². The lowest BCUT2D eigenvalue weighted by Crippen LogP contribution is -2.20. The summed E-state index contributed by atoms with van der Waals surface area (Å²) in [4.78, 5) is 23.8. The smallest absolute Gasteiger partial charge is 0.408 e. The SMILES string of the molecule is O=C1NC(c2cncc(C#Cc3cnccn3)c2)C(c2ccc(F)c(F)c2F)O1. The van der Waals surface area contributed by atoms with Crippen molar-refractivity contribution < 1.29 is 22.7 Å². The Kier molecular flexibility index (Phi) is 4.83. The Hall–Kier alpha value is -3.93. The molecule has 2 aromatic heterocycles. The average molecular weight is 396 g/mol. The number of carbonyl (C=O) groups is 1. The van der Waals surface area contributed by atoms with Crippen LogP contribution in [-0.2, 0) is 4.74 Å². The van der Waals surface area contributed by atoms with Gasteiger partial charge >= 0.3 is 6.09 Å². The van der Waals surface area contributed by atoms with E-state index in [9.17, 15) is 18.0 Å². The fourth-order valence-corrected chi connectivity index (χ4v) is 2.88. The van der Waals surface area contributed by atoms with Gasteiger partial charge in [-0.05, 0) is 29.7 Å². The molecule has 1 aliphatic heterocycles. The van der Waals surface area contributed by atoms with Gasteiger partial charge in [-0.3, -0.25) is 9.97 Å². The number of cyclic esters (lactones) is 1. The van der Waals surface area contributed by atoms with Crippen molar-refractivity contribution >= 4 is 6.09 Å². The minimum atomic E-state index is -1.63. The number of benzene rings is 1. The average Bonchev–Trinajstić information content (AvgIpc) is 3.13. The summed E-state index contributed by atoms with van der Waals surface area (Å²) in [6.07, 6.45) is 5.44. The molecule has 2 atom stereocenters. The van der Waals surface area contributed by atoms with Gasteiger partial charge in [0, 0.05) is 35.9 Å². The number of halogens is 3. The Morgan fingerprint density at radius 2 is 1.86 bits per heavy atom. The lowest BCUT2D eigenvalue weighted by molar-refractivity contribution is 0.129. The third-order valence-electron chi connectivity index (χ3n) is 4.20. The highest BCUT2D eigenvalue weighted by atomic mass is 19.2. The first-order valence-electron chi connectivity index (χ1n) is 8.36. The van der Waals surface area contributed by atoms with E-state index >= 15 is 0 Å². The van der Waals surface area contributed by atoms with Gasteiger partial charge in [0.15, 0.2) is 23.6 Å². The van der Waals surface area contributed by atoms with Gasteiger partial charge in [-0.25, -0.2) is 22.9 Å². The molecule has 0 bridgehead atoms. The van der Waals surface area contributed by atoms with E-state index in [2.05, 4.69) is 32.1 Å². The second-order valence-electron chi connectivity index (χ2n) is 6.06. The van der Waals surface area contributed by atoms with Gasteiger partial charge in [0.2, 0.25) is 0 Å². The van der Waals surface area contributed by atoms with Crippen LogP contribution in [0, 0.1) is 29.3 Å². The Morgan fingerprint density at radius 1 is 1.00 bits per heavy atom. The van der Waals surface area contributed by atoms with E-state index in [0.29, 0.717) is 16.8 Å². The summed E-state index contributed by atoms with van der Waals surface area (Å²) in [6, 6.07) is 2.57. The van der Waals surface area contributed by atoms with Gasteiger partial charge in [-0.15, -0.1) is 0 Å². The Balaban J connectivity index is 1.68. The number of carbonyl (C=O) groups excluding carboxylic acids is 1. The minimum absolute atomic E-state index is 0.289. The minimum Gasteiger partial charge on any atom is -0.439 e. The molecule has 0 saturated carbocycles. The van der Waals surface area contributed by atoms with Crippen molar-refractivity contribution in [2.75, 3.05) is 0 Å². The van der Waals surface area contributed by atoms with E-state index in [1.807, 2.05) is 0 Å². The molecule has 4 rings (SSSR count). The Labute approximate surface area is 162 Å². The Morgan fingerprint density at radius 3 is 2.66 bits per heavy atom. The van der Waals surface area contributed by atoms with Crippen LogP contribution in [0.5, 0.6) is 0 Å². The first kappa shape index (κ1) is 18.4. The van der Waals surface area contributed by atoms with Crippen LogP contribution < -0.4 is 5.32 Å². The topological polar surface area (TPSA) is 77.0 Å². The quantitative estimate of drug-likeness (QED) is 0.532. The molecule has 144 valence electrons. The second-order valence-corrected chi connectivity index (χ2v) is 6.06. The van der Waals surface area contributed by atoms with Gasteiger partial charge in [0.25, 0.3) is 0 Å². The maximum Gasteiger partial charge on any atom is 0.408 e. The number of nitrogens with zero attached hydrogens (tertiary/aromatic N) is 3. The van der Waals surface area contributed by atoms with Crippen molar-refractivity contribution in [3.8, 4) is 11.8 Å². The predicted molar refractivity (Wildman–Crippen MR) is 93.7 cm³/mol. The maximum absolute atomic E-state index is 14.2. The molecule has 6 nitrogen and oxygen atoms in total. The highest BCUT2D eigenvalue weighted by Crippen LogP contribution is 2.38. The maximum atomic E-state index is 14.2. The molecule has 1 amide bonds. The third-order valence-corrected chi connectivity index (χ3v) is 4.20. The monoisotopic (exact) mass is 396 g/mol. The number of amides is 1. The van der Waals surface area contributed by atoms with Crippen molar-refractivity contribution in [1.29, 1.82) is 0 Å². The molecule has 3 heterocycles. The first-order chi connectivity index (χ1) is 14.0. The lowest BCUT2D eigenvalue weighted by atomic mass is 9.96. The summed E-state index contributed by atoms with van der Waals surface area (Å²) in [5.41, 5.74) is 1.12. The lowest BCUT2D eigenvalue weighted by Gasteiger charge is -2.18. The largest absolute Gasteiger partial charge is 0.439 e. The number of pyridine rings is 1. The molecular weight excluding hydrogens is 385 g/mol. The van der Waals surface area contributed by atoms with Crippen LogP contribution in [0.1, 0.15) is 34.5 Å². The molecule has 1 saturated heterocycles. The molecule has 1 aliphatic rings. The van der Waals surface area contributed by atoms with E-state index < -0.39 is 35.7 Å². The first-order valence-corrected chi connectivity index (χ1v) is 8.36. The fraction of sp³-hybridized carbons (Fsp3) is 0.100. The fourth-order valence-electron chi connectivity index (χ4n) is 2.88. The van der Waals surface area contributed by atoms with Gasteiger partial charge in [-0.2, -0.15) is 0 Å². The molecule has 1 fully saturated rings. The van der Waals surface area contributed by atoms with Crippen molar-refractivity contribution in [3.63, 3.8) is 0 Å². The predicted octanol–water partition coefficient (Wildman–Crippen LogP) is 3.21. The zero-order chi connectivity index (χ0) is 20.4. The standard InChI is InChI=1S/C20H11F3N4O2/c21-15-4-3-14(16(22)17(15)23)19-18(27-20(28)29-19)12-7-11(8-25-9-12)1-2-13-10-24-5-6-26-13/h3-10,18-19H,(H,27,28). The van der Waals surface area contributed by atoms with Gasteiger partial charge in [0.05, 0.1) is 6.20 Å². The van der Waals surface area contributed by atoms with E-state index in [4.69, 9.17) is 4.74 Å². The van der Waals surface area contributed by atoms with Crippen molar-refractivity contribution in [1.82, 2.24) is 20.3 Å². The molecule has 9 heteroatoms. The van der Waals surface area contributed by atoms with E-state index in [1.165, 1.54) is 31.0 Å². The van der Waals surface area contributed by atoms with E-state index in [-0.39, 0.29) is 5.56 Å². The summed E-state index contributed by atoms with van der Waals surface area (Å²) in [5, 5.41) is 2.53. The molecule has 29 heavy (non-hydrogen) atoms. The highest BCUT2D eigenvalue weighted by Gasteiger charge is 2.39. The summed E-state index contributed by atoms with van der Waals surface area (Å²) in [6.45, 7) is 0. The number of rotatable bonds is 2. The van der Waals surface area contributed by atoms with Crippen molar-refractivity contribution in [3.05, 3.63) is 89.0 Å². The van der Waals surface area contributed by atoms with Crippen LogP contribution in [-0.4, -0.2) is 21.0 Å². The number of aromatic nitrogens is 3. The molecule has 2 unspecified atom stereocenters. The number of hydrogen-bond donors (Lipinski definition) is 1. The molecule has 1 aromatic carbocycles. The molecule has 3 aromatic rings. The van der Waals surface area contributed by atoms with E-state index in [0.717, 1.165) is 12.1 Å². The van der Waals surface area contributed by atoms with Crippen LogP contribution in [0.4, 0.5) is 18.0 Å². The summed E-state index contributed by atoms with van der Waals surface area (Å²) in [5.74, 6) is 1.31. The summed E-state index contributed by atoms with van der Waals surface area (Å²) < 4.78 is 46.2. The van der Waals surface area contributed by atoms with Crippen LogP contribution in [0.2, 0.25) is 0 Å².